The molecule has 0 saturated heterocycles. The van der Waals surface area contributed by atoms with Gasteiger partial charge in [0.25, 0.3) is 0 Å². The van der Waals surface area contributed by atoms with E-state index < -0.39 is 0 Å². The van der Waals surface area contributed by atoms with Crippen molar-refractivity contribution < 1.29 is 0 Å². The van der Waals surface area contributed by atoms with Gasteiger partial charge in [-0.3, -0.25) is 0 Å². The maximum atomic E-state index is 5.23. The molecule has 0 amide bonds. The molecule has 2 heteroatoms. The van der Waals surface area contributed by atoms with E-state index in [1.165, 1.54) is 76.9 Å². The van der Waals surface area contributed by atoms with E-state index in [4.69, 9.17) is 4.98 Å². The third kappa shape index (κ3) is 3.60. The topological polar surface area (TPSA) is 17.8 Å². The zero-order valence-electron chi connectivity index (χ0n) is 24.4. The van der Waals surface area contributed by atoms with E-state index in [1.54, 1.807) is 0 Å². The van der Waals surface area contributed by atoms with Gasteiger partial charge >= 0.3 is 0 Å². The third-order valence-corrected chi connectivity index (χ3v) is 9.49. The molecule has 2 heterocycles. The molecule has 0 spiro atoms. The Bertz CT molecular complexity index is 2640. The molecule has 0 unspecified atom stereocenters. The lowest BCUT2D eigenvalue weighted by Gasteiger charge is -2.10. The standard InChI is InChI=1S/C43H26N2/c1-2-10-33(11-3-1)45-40-16-7-6-13-35(40)38-25-30(21-22-41(38)45)28-17-18-29-24-31(20-19-27(29)23-28)39-26-32-9-8-15-36-34-12-4-5-14-37(34)43(44-39)42(32)36/h1-26H. The number of benzene rings is 7. The Morgan fingerprint density at radius 3 is 1.96 bits per heavy atom. The first-order valence-corrected chi connectivity index (χ1v) is 15.5. The molecule has 9 aromatic rings. The summed E-state index contributed by atoms with van der Waals surface area (Å²) in [4.78, 5) is 5.23. The number of aromatic nitrogens is 2. The smallest absolute Gasteiger partial charge is 0.0800 e. The summed E-state index contributed by atoms with van der Waals surface area (Å²) >= 11 is 0. The zero-order chi connectivity index (χ0) is 29.5. The van der Waals surface area contributed by atoms with Crippen LogP contribution in [0, 0.1) is 0 Å². The quantitative estimate of drug-likeness (QED) is 0.207. The molecule has 0 atom stereocenters. The van der Waals surface area contributed by atoms with Gasteiger partial charge in [-0.05, 0) is 86.9 Å². The minimum atomic E-state index is 1.01. The second-order valence-corrected chi connectivity index (χ2v) is 12.0. The lowest BCUT2D eigenvalue weighted by molar-refractivity contribution is 1.18. The summed E-state index contributed by atoms with van der Waals surface area (Å²) in [5.74, 6) is 0. The van der Waals surface area contributed by atoms with Gasteiger partial charge in [-0.25, -0.2) is 4.98 Å². The van der Waals surface area contributed by atoms with Crippen LogP contribution in [0.2, 0.25) is 0 Å². The van der Waals surface area contributed by atoms with E-state index in [0.29, 0.717) is 0 Å². The largest absolute Gasteiger partial charge is 0.309 e. The average molecular weight is 571 g/mol. The van der Waals surface area contributed by atoms with Crippen molar-refractivity contribution in [3.8, 4) is 50.5 Å². The van der Waals surface area contributed by atoms with Crippen molar-refractivity contribution in [2.24, 2.45) is 0 Å². The predicted molar refractivity (Wildman–Crippen MR) is 189 cm³/mol. The summed E-state index contributed by atoms with van der Waals surface area (Å²) in [5, 5.41) is 7.47. The number of fused-ring (bicyclic) bond motifs is 7. The minimum absolute atomic E-state index is 1.01. The van der Waals surface area contributed by atoms with Crippen LogP contribution in [0.3, 0.4) is 0 Å². The van der Waals surface area contributed by atoms with Gasteiger partial charge < -0.3 is 4.57 Å². The Kier molecular flexibility index (Phi) is 5.03. The van der Waals surface area contributed by atoms with Gasteiger partial charge in [0.05, 0.1) is 22.4 Å². The molecule has 0 aliphatic heterocycles. The minimum Gasteiger partial charge on any atom is -0.309 e. The molecular weight excluding hydrogens is 544 g/mol. The highest BCUT2D eigenvalue weighted by molar-refractivity contribution is 6.15. The van der Waals surface area contributed by atoms with Crippen molar-refractivity contribution in [3.05, 3.63) is 158 Å². The first-order valence-electron chi connectivity index (χ1n) is 15.5. The van der Waals surface area contributed by atoms with Crippen molar-refractivity contribution >= 4 is 43.4 Å². The van der Waals surface area contributed by atoms with E-state index >= 15 is 0 Å². The van der Waals surface area contributed by atoms with Crippen molar-refractivity contribution in [2.75, 3.05) is 0 Å². The van der Waals surface area contributed by atoms with Crippen LogP contribution in [0.15, 0.2) is 158 Å². The lowest BCUT2D eigenvalue weighted by atomic mass is 9.97. The Labute approximate surface area is 260 Å². The molecule has 10 rings (SSSR count). The number of pyridine rings is 1. The maximum absolute atomic E-state index is 5.23. The van der Waals surface area contributed by atoms with Crippen molar-refractivity contribution in [3.63, 3.8) is 0 Å². The van der Waals surface area contributed by atoms with Gasteiger partial charge in [0, 0.05) is 33.0 Å². The van der Waals surface area contributed by atoms with Crippen LogP contribution in [0.1, 0.15) is 0 Å². The SMILES string of the molecule is c1ccc(-n2c3ccccc3c3cc(-c4ccc5cc(-c6cc7cccc8c7c(n6)-c6ccccc6-8)ccc5c4)ccc32)cc1. The molecule has 0 saturated carbocycles. The maximum Gasteiger partial charge on any atom is 0.0800 e. The molecule has 1 aliphatic rings. The molecule has 7 aromatic carbocycles. The lowest BCUT2D eigenvalue weighted by Crippen LogP contribution is -1.92. The van der Waals surface area contributed by atoms with Gasteiger partial charge in [0.1, 0.15) is 0 Å². The van der Waals surface area contributed by atoms with Crippen LogP contribution in [0.5, 0.6) is 0 Å². The van der Waals surface area contributed by atoms with Gasteiger partial charge in [0.15, 0.2) is 0 Å². The normalized spacial score (nSPS) is 12.0. The summed E-state index contributed by atoms with van der Waals surface area (Å²) < 4.78 is 2.36. The Hall–Kier alpha value is -5.99. The fourth-order valence-corrected chi connectivity index (χ4v) is 7.39. The number of hydrogen-bond donors (Lipinski definition) is 0. The fraction of sp³-hybridized carbons (Fsp3) is 0. The van der Waals surface area contributed by atoms with E-state index in [1.807, 2.05) is 0 Å². The number of rotatable bonds is 3. The van der Waals surface area contributed by atoms with Gasteiger partial charge in [-0.15, -0.1) is 0 Å². The number of para-hydroxylation sites is 2. The molecule has 1 aliphatic carbocycles. The second kappa shape index (κ2) is 9.25. The summed E-state index contributed by atoms with van der Waals surface area (Å²) in [6, 6.07) is 57.2. The zero-order valence-corrected chi connectivity index (χ0v) is 24.4. The molecule has 0 radical (unpaired) electrons. The number of hydrogen-bond acceptors (Lipinski definition) is 1. The highest BCUT2D eigenvalue weighted by Crippen LogP contribution is 2.47. The van der Waals surface area contributed by atoms with Crippen LogP contribution >= 0.6 is 0 Å². The molecule has 0 fully saturated rings. The molecule has 45 heavy (non-hydrogen) atoms. The van der Waals surface area contributed by atoms with E-state index in [9.17, 15) is 0 Å². The van der Waals surface area contributed by atoms with Crippen molar-refractivity contribution in [1.82, 2.24) is 9.55 Å². The van der Waals surface area contributed by atoms with Crippen LogP contribution in [-0.4, -0.2) is 9.55 Å². The van der Waals surface area contributed by atoms with Crippen molar-refractivity contribution in [1.29, 1.82) is 0 Å². The summed E-state index contributed by atoms with van der Waals surface area (Å²) in [7, 11) is 0. The first-order chi connectivity index (χ1) is 22.3. The molecule has 0 N–H and O–H groups in total. The van der Waals surface area contributed by atoms with E-state index in [0.717, 1.165) is 17.0 Å². The number of nitrogens with zero attached hydrogens (tertiary/aromatic N) is 2. The average Bonchev–Trinajstić information content (AvgIpc) is 3.61. The van der Waals surface area contributed by atoms with Crippen LogP contribution in [-0.2, 0) is 0 Å². The highest BCUT2D eigenvalue weighted by atomic mass is 15.0. The summed E-state index contributed by atoms with van der Waals surface area (Å²) in [6.45, 7) is 0. The fourth-order valence-electron chi connectivity index (χ4n) is 7.39. The molecule has 2 aromatic heterocycles. The Morgan fingerprint density at radius 2 is 1.07 bits per heavy atom. The van der Waals surface area contributed by atoms with Crippen molar-refractivity contribution in [2.45, 2.75) is 0 Å². The summed E-state index contributed by atoms with van der Waals surface area (Å²) in [6.07, 6.45) is 0. The Balaban J connectivity index is 1.07. The van der Waals surface area contributed by atoms with Gasteiger partial charge in [-0.2, -0.15) is 0 Å². The van der Waals surface area contributed by atoms with Gasteiger partial charge in [0.2, 0.25) is 0 Å². The highest BCUT2D eigenvalue weighted by Gasteiger charge is 2.23. The molecule has 208 valence electrons. The Morgan fingerprint density at radius 1 is 0.400 bits per heavy atom. The van der Waals surface area contributed by atoms with Crippen LogP contribution in [0.25, 0.3) is 93.8 Å². The molecular formula is C43H26N2. The van der Waals surface area contributed by atoms with E-state index in [-0.39, 0.29) is 0 Å². The monoisotopic (exact) mass is 570 g/mol. The first kappa shape index (κ1) is 24.5. The molecule has 0 bridgehead atoms. The van der Waals surface area contributed by atoms with Crippen LogP contribution < -0.4 is 0 Å². The third-order valence-electron chi connectivity index (χ3n) is 9.49. The van der Waals surface area contributed by atoms with Gasteiger partial charge in [-0.1, -0.05) is 109 Å². The molecule has 2 nitrogen and oxygen atoms in total. The van der Waals surface area contributed by atoms with E-state index in [2.05, 4.69) is 162 Å². The summed E-state index contributed by atoms with van der Waals surface area (Å²) in [5.41, 5.74) is 13.1. The predicted octanol–water partition coefficient (Wildman–Crippen LogP) is 11.5. The second-order valence-electron chi connectivity index (χ2n) is 12.0. The van der Waals surface area contributed by atoms with Crippen LogP contribution in [0.4, 0.5) is 0 Å².